The summed E-state index contributed by atoms with van der Waals surface area (Å²) in [5.74, 6) is 0.548. The van der Waals surface area contributed by atoms with E-state index in [1.54, 1.807) is 0 Å². The minimum Gasteiger partial charge on any atom is -0.298 e. The van der Waals surface area contributed by atoms with Crippen LogP contribution in [0.15, 0.2) is 23.6 Å². The van der Waals surface area contributed by atoms with Crippen LogP contribution >= 0.6 is 11.3 Å². The smallest absolute Gasteiger partial charge is 0.257 e. The molecule has 0 spiro atoms. The molecule has 0 unspecified atom stereocenters. The zero-order valence-electron chi connectivity index (χ0n) is 11.1. The number of rotatable bonds is 3. The van der Waals surface area contributed by atoms with Crippen molar-refractivity contribution in [2.24, 2.45) is 0 Å². The maximum Gasteiger partial charge on any atom is 0.257 e. The molecule has 0 radical (unpaired) electrons. The Hall–Kier alpha value is -1.68. The van der Waals surface area contributed by atoms with E-state index in [0.717, 1.165) is 16.8 Å². The summed E-state index contributed by atoms with van der Waals surface area (Å²) in [6.45, 7) is 4.00. The van der Waals surface area contributed by atoms with E-state index in [0.29, 0.717) is 16.6 Å². The van der Waals surface area contributed by atoms with E-state index < -0.39 is 0 Å². The Morgan fingerprint density at radius 1 is 1.26 bits per heavy atom. The van der Waals surface area contributed by atoms with Crippen LogP contribution in [0.25, 0.3) is 0 Å². The number of benzene rings is 1. The summed E-state index contributed by atoms with van der Waals surface area (Å²) < 4.78 is 0. The van der Waals surface area contributed by atoms with Crippen molar-refractivity contribution in [1.82, 2.24) is 4.98 Å². The number of aryl methyl sites for hydroxylation is 2. The molecule has 98 valence electrons. The number of nitrogens with zero attached hydrogens (tertiary/aromatic N) is 1. The van der Waals surface area contributed by atoms with Gasteiger partial charge in [0.2, 0.25) is 0 Å². The molecule has 0 aliphatic heterocycles. The SMILES string of the molecule is Cc1cc(C)cc(C(=O)Nc2nc(C3CC3)cs2)c1. The number of aromatic nitrogens is 1. The zero-order chi connectivity index (χ0) is 13.4. The number of carbonyl (C=O) groups is 1. The number of anilines is 1. The molecular formula is C15H16N2OS. The van der Waals surface area contributed by atoms with Crippen LogP contribution in [0.5, 0.6) is 0 Å². The summed E-state index contributed by atoms with van der Waals surface area (Å²) in [6.07, 6.45) is 2.46. The van der Waals surface area contributed by atoms with Gasteiger partial charge >= 0.3 is 0 Å². The van der Waals surface area contributed by atoms with Gasteiger partial charge < -0.3 is 0 Å². The summed E-state index contributed by atoms with van der Waals surface area (Å²) >= 11 is 1.51. The van der Waals surface area contributed by atoms with Crippen LogP contribution in [0.1, 0.15) is 45.9 Å². The Kier molecular flexibility index (Phi) is 3.11. The van der Waals surface area contributed by atoms with Gasteiger partial charge in [0, 0.05) is 16.9 Å². The Morgan fingerprint density at radius 3 is 2.58 bits per heavy atom. The number of hydrogen-bond acceptors (Lipinski definition) is 3. The van der Waals surface area contributed by atoms with E-state index in [-0.39, 0.29) is 5.91 Å². The van der Waals surface area contributed by atoms with Crippen LogP contribution in [0.2, 0.25) is 0 Å². The summed E-state index contributed by atoms with van der Waals surface area (Å²) in [5.41, 5.74) is 4.02. The lowest BCUT2D eigenvalue weighted by Crippen LogP contribution is -2.12. The van der Waals surface area contributed by atoms with Crippen LogP contribution in [0, 0.1) is 13.8 Å². The number of amides is 1. The van der Waals surface area contributed by atoms with Gasteiger partial charge in [-0.2, -0.15) is 0 Å². The van der Waals surface area contributed by atoms with Crippen LogP contribution in [-0.4, -0.2) is 10.9 Å². The van der Waals surface area contributed by atoms with Crippen LogP contribution in [0.4, 0.5) is 5.13 Å². The number of nitrogens with one attached hydrogen (secondary N) is 1. The van der Waals surface area contributed by atoms with Gasteiger partial charge in [-0.25, -0.2) is 4.98 Å². The van der Waals surface area contributed by atoms with Crippen molar-refractivity contribution in [1.29, 1.82) is 0 Å². The fraction of sp³-hybridized carbons (Fsp3) is 0.333. The molecule has 4 heteroatoms. The van der Waals surface area contributed by atoms with E-state index in [4.69, 9.17) is 0 Å². The molecule has 3 rings (SSSR count). The van der Waals surface area contributed by atoms with Crippen LogP contribution < -0.4 is 5.32 Å². The summed E-state index contributed by atoms with van der Waals surface area (Å²) in [5, 5.41) is 5.63. The normalized spacial score (nSPS) is 14.4. The Labute approximate surface area is 116 Å². The van der Waals surface area contributed by atoms with Gasteiger partial charge in [0.15, 0.2) is 5.13 Å². The predicted molar refractivity (Wildman–Crippen MR) is 78.0 cm³/mol. The second kappa shape index (κ2) is 4.78. The van der Waals surface area contributed by atoms with Crippen molar-refractivity contribution < 1.29 is 4.79 Å². The molecule has 19 heavy (non-hydrogen) atoms. The van der Waals surface area contributed by atoms with Crippen molar-refractivity contribution >= 4 is 22.4 Å². The minimum atomic E-state index is -0.0801. The van der Waals surface area contributed by atoms with E-state index in [9.17, 15) is 4.79 Å². The molecule has 1 fully saturated rings. The van der Waals surface area contributed by atoms with E-state index in [2.05, 4.69) is 21.7 Å². The Bertz CT molecular complexity index is 609. The van der Waals surface area contributed by atoms with Gasteiger partial charge in [-0.3, -0.25) is 10.1 Å². The maximum absolute atomic E-state index is 12.2. The van der Waals surface area contributed by atoms with Crippen LogP contribution in [-0.2, 0) is 0 Å². The van der Waals surface area contributed by atoms with Crippen molar-refractivity contribution in [3.05, 3.63) is 46.0 Å². The highest BCUT2D eigenvalue weighted by molar-refractivity contribution is 7.14. The lowest BCUT2D eigenvalue weighted by atomic mass is 10.1. The molecule has 1 amide bonds. The highest BCUT2D eigenvalue weighted by Crippen LogP contribution is 2.40. The second-order valence-corrected chi connectivity index (χ2v) is 6.04. The van der Waals surface area contributed by atoms with Gasteiger partial charge in [-0.15, -0.1) is 11.3 Å². The van der Waals surface area contributed by atoms with E-state index >= 15 is 0 Å². The predicted octanol–water partition coefficient (Wildman–Crippen LogP) is 3.89. The van der Waals surface area contributed by atoms with E-state index in [1.807, 2.05) is 26.0 Å². The van der Waals surface area contributed by atoms with Crippen molar-refractivity contribution in [3.63, 3.8) is 0 Å². The quantitative estimate of drug-likeness (QED) is 0.921. The van der Waals surface area contributed by atoms with Gasteiger partial charge in [-0.05, 0) is 38.8 Å². The lowest BCUT2D eigenvalue weighted by molar-refractivity contribution is 0.102. The van der Waals surface area contributed by atoms with Crippen molar-refractivity contribution in [2.45, 2.75) is 32.6 Å². The lowest BCUT2D eigenvalue weighted by Gasteiger charge is -2.04. The third-order valence-electron chi connectivity index (χ3n) is 3.22. The summed E-state index contributed by atoms with van der Waals surface area (Å²) in [6, 6.07) is 5.86. The summed E-state index contributed by atoms with van der Waals surface area (Å²) in [4.78, 5) is 16.6. The average Bonchev–Trinajstić information content (AvgIpc) is 3.09. The molecule has 3 nitrogen and oxygen atoms in total. The molecule has 1 heterocycles. The van der Waals surface area contributed by atoms with Crippen molar-refractivity contribution in [2.75, 3.05) is 5.32 Å². The molecule has 1 aliphatic rings. The van der Waals surface area contributed by atoms with Gasteiger partial charge in [0.25, 0.3) is 5.91 Å². The fourth-order valence-corrected chi connectivity index (χ4v) is 2.97. The van der Waals surface area contributed by atoms with Gasteiger partial charge in [0.05, 0.1) is 5.69 Å². The Morgan fingerprint density at radius 2 is 1.95 bits per heavy atom. The fourth-order valence-electron chi connectivity index (χ4n) is 2.19. The highest BCUT2D eigenvalue weighted by Gasteiger charge is 2.26. The average molecular weight is 272 g/mol. The number of carbonyl (C=O) groups excluding carboxylic acids is 1. The second-order valence-electron chi connectivity index (χ2n) is 5.18. The molecule has 1 N–H and O–H groups in total. The van der Waals surface area contributed by atoms with Crippen LogP contribution in [0.3, 0.4) is 0 Å². The molecule has 0 atom stereocenters. The third-order valence-corrected chi connectivity index (χ3v) is 4.00. The Balaban J connectivity index is 1.75. The standard InChI is InChI=1S/C15H16N2OS/c1-9-5-10(2)7-12(6-9)14(18)17-15-16-13(8-19-15)11-3-4-11/h5-8,11H,3-4H2,1-2H3,(H,16,17,18). The first-order valence-corrected chi connectivity index (χ1v) is 7.35. The largest absolute Gasteiger partial charge is 0.298 e. The molecule has 1 aromatic carbocycles. The van der Waals surface area contributed by atoms with Gasteiger partial charge in [-0.1, -0.05) is 17.2 Å². The van der Waals surface area contributed by atoms with E-state index in [1.165, 1.54) is 24.2 Å². The molecule has 0 saturated heterocycles. The zero-order valence-corrected chi connectivity index (χ0v) is 11.9. The topological polar surface area (TPSA) is 42.0 Å². The number of thiazole rings is 1. The molecule has 1 saturated carbocycles. The maximum atomic E-state index is 12.2. The monoisotopic (exact) mass is 272 g/mol. The first-order chi connectivity index (χ1) is 9.11. The first kappa shape index (κ1) is 12.4. The highest BCUT2D eigenvalue weighted by atomic mass is 32.1. The molecule has 0 bridgehead atoms. The molecule has 2 aromatic rings. The minimum absolute atomic E-state index is 0.0801. The number of hydrogen-bond donors (Lipinski definition) is 1. The van der Waals surface area contributed by atoms with Gasteiger partial charge in [0.1, 0.15) is 0 Å². The third kappa shape index (κ3) is 2.84. The first-order valence-electron chi connectivity index (χ1n) is 6.47. The molecule has 1 aliphatic carbocycles. The molecule has 1 aromatic heterocycles. The van der Waals surface area contributed by atoms with Crippen molar-refractivity contribution in [3.8, 4) is 0 Å². The molecular weight excluding hydrogens is 256 g/mol. The summed E-state index contributed by atoms with van der Waals surface area (Å²) in [7, 11) is 0.